The number of thiophene rings is 1. The molecule has 1 saturated heterocycles. The number of methoxy groups -OCH3 is 1. The number of carboxylic acids is 1. The number of carbonyl (C=O) groups is 1. The van der Waals surface area contributed by atoms with E-state index in [2.05, 4.69) is 14.5 Å². The number of nitrogens with zero attached hydrogens (tertiary/aromatic N) is 6. The zero-order valence-corrected chi connectivity index (χ0v) is 27.0. The number of pyridine rings is 1. The Balaban J connectivity index is 1.03. The summed E-state index contributed by atoms with van der Waals surface area (Å²) in [6.07, 6.45) is 1.83. The summed E-state index contributed by atoms with van der Waals surface area (Å²) in [7, 11) is 1.65. The van der Waals surface area contributed by atoms with E-state index in [0.717, 1.165) is 59.1 Å². The molecule has 1 N–H and O–H groups in total. The summed E-state index contributed by atoms with van der Waals surface area (Å²) in [6.45, 7) is 3.03. The Bertz CT molecular complexity index is 2140. The molecule has 0 radical (unpaired) electrons. The highest BCUT2D eigenvalue weighted by Gasteiger charge is 2.25. The molecule has 1 fully saturated rings. The van der Waals surface area contributed by atoms with E-state index in [1.165, 1.54) is 17.4 Å². The van der Waals surface area contributed by atoms with E-state index >= 15 is 0 Å². The van der Waals surface area contributed by atoms with Crippen LogP contribution in [0.15, 0.2) is 60.0 Å². The number of carboxylic acid groups (broad SMARTS) is 1. The fourth-order valence-corrected chi connectivity index (χ4v) is 7.76. The summed E-state index contributed by atoms with van der Waals surface area (Å²) in [5.41, 5.74) is 3.25. The summed E-state index contributed by atoms with van der Waals surface area (Å²) in [6, 6.07) is 17.6. The van der Waals surface area contributed by atoms with Crippen LogP contribution in [-0.2, 0) is 19.7 Å². The number of aromatic carboxylic acids is 1. The molecule has 4 aromatic heterocycles. The van der Waals surface area contributed by atoms with Crippen molar-refractivity contribution in [2.24, 2.45) is 0 Å². The van der Waals surface area contributed by atoms with E-state index in [9.17, 15) is 14.3 Å². The fraction of sp³-hybridized carbons (Fsp3) is 0.265. The molecule has 0 amide bonds. The van der Waals surface area contributed by atoms with Crippen molar-refractivity contribution in [3.8, 4) is 17.7 Å². The van der Waals surface area contributed by atoms with Gasteiger partial charge in [0.25, 0.3) is 0 Å². The van der Waals surface area contributed by atoms with Crippen molar-refractivity contribution in [2.45, 2.75) is 38.5 Å². The quantitative estimate of drug-likeness (QED) is 0.167. The number of aromatic nitrogens is 4. The second-order valence-electron chi connectivity index (χ2n) is 11.3. The molecule has 1 aliphatic heterocycles. The zero-order valence-electron chi connectivity index (χ0n) is 25.4. The van der Waals surface area contributed by atoms with Gasteiger partial charge in [-0.2, -0.15) is 5.26 Å². The van der Waals surface area contributed by atoms with Crippen molar-refractivity contribution in [1.29, 1.82) is 5.26 Å². The average Bonchev–Trinajstić information content (AvgIpc) is 3.81. The molecule has 47 heavy (non-hydrogen) atoms. The third-order valence-electron chi connectivity index (χ3n) is 8.38. The Morgan fingerprint density at radius 2 is 1.96 bits per heavy atom. The van der Waals surface area contributed by atoms with Gasteiger partial charge in [-0.15, -0.1) is 22.7 Å². The Morgan fingerprint density at radius 1 is 1.11 bits per heavy atom. The van der Waals surface area contributed by atoms with Crippen molar-refractivity contribution in [3.05, 3.63) is 98.3 Å². The first-order chi connectivity index (χ1) is 22.9. The first-order valence-electron chi connectivity index (χ1n) is 15.0. The molecule has 238 valence electrons. The maximum Gasteiger partial charge on any atom is 0.335 e. The molecule has 0 atom stereocenters. The number of halogens is 1. The minimum Gasteiger partial charge on any atom is -0.496 e. The molecule has 1 aliphatic rings. The Kier molecular flexibility index (Phi) is 8.55. The van der Waals surface area contributed by atoms with E-state index in [1.54, 1.807) is 42.7 Å². The van der Waals surface area contributed by atoms with Crippen LogP contribution in [0.4, 0.5) is 4.39 Å². The number of nitriles is 1. The molecule has 13 heteroatoms. The SMILES string of the molecule is COc1ccsc1Cn1c(CN2CCC(c3cccc(OCc4nc5c(F)cc(C#N)cc5s4)n3)CC2)nc2ccc(C(=O)O)cc21. The smallest absolute Gasteiger partial charge is 0.335 e. The van der Waals surface area contributed by atoms with Crippen LogP contribution in [0, 0.1) is 17.1 Å². The molecule has 5 heterocycles. The lowest BCUT2D eigenvalue weighted by molar-refractivity contribution is 0.0697. The van der Waals surface area contributed by atoms with Crippen LogP contribution in [0.1, 0.15) is 56.1 Å². The number of rotatable bonds is 10. The Labute approximate surface area is 277 Å². The zero-order chi connectivity index (χ0) is 32.5. The molecule has 10 nitrogen and oxygen atoms in total. The third kappa shape index (κ3) is 6.40. The van der Waals surface area contributed by atoms with E-state index in [0.29, 0.717) is 28.7 Å². The van der Waals surface area contributed by atoms with E-state index in [-0.39, 0.29) is 29.2 Å². The van der Waals surface area contributed by atoms with E-state index in [1.807, 2.05) is 35.7 Å². The summed E-state index contributed by atoms with van der Waals surface area (Å²) in [4.78, 5) is 29.2. The molecular formula is C34H29FN6O4S2. The van der Waals surface area contributed by atoms with Crippen molar-refractivity contribution >= 4 is 49.9 Å². The van der Waals surface area contributed by atoms with Gasteiger partial charge in [-0.25, -0.2) is 24.1 Å². The number of likely N-dealkylation sites (tertiary alicyclic amines) is 1. The van der Waals surface area contributed by atoms with Crippen molar-refractivity contribution in [3.63, 3.8) is 0 Å². The number of fused-ring (bicyclic) bond motifs is 2. The van der Waals surface area contributed by atoms with Gasteiger partial charge < -0.3 is 19.1 Å². The number of thiazole rings is 1. The van der Waals surface area contributed by atoms with Crippen LogP contribution in [0.2, 0.25) is 0 Å². The van der Waals surface area contributed by atoms with Crippen LogP contribution in [-0.4, -0.2) is 55.7 Å². The first kappa shape index (κ1) is 30.7. The second kappa shape index (κ2) is 13.1. The van der Waals surface area contributed by atoms with Gasteiger partial charge in [0.15, 0.2) is 5.82 Å². The summed E-state index contributed by atoms with van der Waals surface area (Å²) >= 11 is 2.90. The summed E-state index contributed by atoms with van der Waals surface area (Å²) < 4.78 is 28.6. The lowest BCUT2D eigenvalue weighted by atomic mass is 9.93. The topological polar surface area (TPSA) is 126 Å². The number of ether oxygens (including phenoxy) is 2. The van der Waals surface area contributed by atoms with E-state index < -0.39 is 11.8 Å². The van der Waals surface area contributed by atoms with Crippen LogP contribution < -0.4 is 9.47 Å². The predicted octanol–water partition coefficient (Wildman–Crippen LogP) is 6.83. The average molecular weight is 669 g/mol. The lowest BCUT2D eigenvalue weighted by Gasteiger charge is -2.31. The van der Waals surface area contributed by atoms with Gasteiger partial charge in [-0.05, 0) is 73.8 Å². The molecule has 2 aromatic carbocycles. The molecule has 0 unspecified atom stereocenters. The number of piperidine rings is 1. The Morgan fingerprint density at radius 3 is 2.74 bits per heavy atom. The van der Waals surface area contributed by atoms with Gasteiger partial charge in [-0.3, -0.25) is 4.90 Å². The normalized spacial score (nSPS) is 14.1. The number of imidazole rings is 1. The van der Waals surface area contributed by atoms with Crippen LogP contribution in [0.5, 0.6) is 11.6 Å². The van der Waals surface area contributed by atoms with Gasteiger partial charge in [-0.1, -0.05) is 6.07 Å². The van der Waals surface area contributed by atoms with Crippen molar-refractivity contribution < 1.29 is 23.8 Å². The van der Waals surface area contributed by atoms with Crippen molar-refractivity contribution in [2.75, 3.05) is 20.2 Å². The number of hydrogen-bond donors (Lipinski definition) is 1. The summed E-state index contributed by atoms with van der Waals surface area (Å²) in [5.74, 6) is 0.954. The van der Waals surface area contributed by atoms with Crippen LogP contribution in [0.25, 0.3) is 21.3 Å². The highest BCUT2D eigenvalue weighted by atomic mass is 32.1. The monoisotopic (exact) mass is 668 g/mol. The van der Waals surface area contributed by atoms with Crippen LogP contribution >= 0.6 is 22.7 Å². The van der Waals surface area contributed by atoms with Crippen molar-refractivity contribution in [1.82, 2.24) is 24.4 Å². The predicted molar refractivity (Wildman–Crippen MR) is 177 cm³/mol. The lowest BCUT2D eigenvalue weighted by Crippen LogP contribution is -2.33. The number of benzene rings is 2. The highest BCUT2D eigenvalue weighted by Crippen LogP contribution is 2.32. The molecule has 0 aliphatic carbocycles. The molecule has 6 aromatic rings. The standard InChI is InChI=1S/C34H29FN6O4S2/c1-44-27-9-12-46-29(27)17-41-26-15-22(34(42)43)5-6-25(26)37-30(41)18-40-10-7-21(8-11-40)24-3-2-4-31(38-24)45-19-32-39-33-23(35)13-20(16-36)14-28(33)47-32/h2-6,9,12-15,21H,7-8,10-11,17-19H2,1H3,(H,42,43). The van der Waals surface area contributed by atoms with Gasteiger partial charge in [0.1, 0.15) is 28.7 Å². The maximum absolute atomic E-state index is 14.3. The molecule has 0 spiro atoms. The van der Waals surface area contributed by atoms with Gasteiger partial charge in [0.05, 0.1) is 58.0 Å². The molecular weight excluding hydrogens is 640 g/mol. The second-order valence-corrected chi connectivity index (χ2v) is 13.4. The minimum absolute atomic E-state index is 0.155. The van der Waals surface area contributed by atoms with E-state index in [4.69, 9.17) is 24.7 Å². The molecule has 7 rings (SSSR count). The fourth-order valence-electron chi connectivity index (χ4n) is 5.99. The molecule has 0 saturated carbocycles. The third-order valence-corrected chi connectivity index (χ3v) is 10.2. The molecule has 0 bridgehead atoms. The first-order valence-corrected chi connectivity index (χ1v) is 16.7. The van der Waals surface area contributed by atoms with Crippen LogP contribution in [0.3, 0.4) is 0 Å². The number of hydrogen-bond acceptors (Lipinski definition) is 10. The minimum atomic E-state index is -0.970. The summed E-state index contributed by atoms with van der Waals surface area (Å²) in [5, 5.41) is 21.3. The Hall–Kier alpha value is -4.90. The highest BCUT2D eigenvalue weighted by molar-refractivity contribution is 7.18. The van der Waals surface area contributed by atoms with Gasteiger partial charge in [0, 0.05) is 17.7 Å². The van der Waals surface area contributed by atoms with Gasteiger partial charge >= 0.3 is 5.97 Å². The largest absolute Gasteiger partial charge is 0.496 e. The van der Waals surface area contributed by atoms with Gasteiger partial charge in [0.2, 0.25) is 5.88 Å². The maximum atomic E-state index is 14.3.